The van der Waals surface area contributed by atoms with Crippen LogP contribution in [0.25, 0.3) is 0 Å². The molecule has 0 radical (unpaired) electrons. The maximum absolute atomic E-state index is 13.9. The molecule has 0 amide bonds. The highest BCUT2D eigenvalue weighted by Gasteiger charge is 2.43. The zero-order valence-electron chi connectivity index (χ0n) is 14.3. The number of piperidine rings is 1. The number of benzene rings is 1. The van der Waals surface area contributed by atoms with Gasteiger partial charge in [0, 0.05) is 32.4 Å². The molecule has 0 unspecified atom stereocenters. The zero-order valence-corrected chi connectivity index (χ0v) is 14.3. The summed E-state index contributed by atoms with van der Waals surface area (Å²) in [5, 5.41) is 0. The SMILES string of the molecule is CCOC(=O)[C@@]1(CCOC)CCCN(Cc2cccc(F)c2F)C1. The molecule has 0 spiro atoms. The summed E-state index contributed by atoms with van der Waals surface area (Å²) in [5.74, 6) is -1.89. The lowest BCUT2D eigenvalue weighted by Gasteiger charge is -2.41. The Morgan fingerprint density at radius 1 is 1.38 bits per heavy atom. The monoisotopic (exact) mass is 341 g/mol. The van der Waals surface area contributed by atoms with Crippen molar-refractivity contribution in [2.75, 3.05) is 33.4 Å². The molecule has 0 aliphatic carbocycles. The smallest absolute Gasteiger partial charge is 0.313 e. The van der Waals surface area contributed by atoms with Gasteiger partial charge in [-0.2, -0.15) is 0 Å². The predicted octanol–water partition coefficient (Wildman–Crippen LogP) is 3.15. The number of carbonyl (C=O) groups excluding carboxylic acids is 1. The minimum atomic E-state index is -0.847. The first-order chi connectivity index (χ1) is 11.5. The van der Waals surface area contributed by atoms with Crippen molar-refractivity contribution in [1.29, 1.82) is 0 Å². The number of hydrogen-bond acceptors (Lipinski definition) is 4. The van der Waals surface area contributed by atoms with E-state index in [4.69, 9.17) is 9.47 Å². The maximum Gasteiger partial charge on any atom is 0.313 e. The van der Waals surface area contributed by atoms with E-state index in [1.807, 2.05) is 4.90 Å². The summed E-state index contributed by atoms with van der Waals surface area (Å²) in [4.78, 5) is 14.5. The first-order valence-electron chi connectivity index (χ1n) is 8.34. The number of esters is 1. The number of rotatable bonds is 7. The number of likely N-dealkylation sites (tertiary alicyclic amines) is 1. The van der Waals surface area contributed by atoms with E-state index in [1.54, 1.807) is 20.1 Å². The number of halogens is 2. The fourth-order valence-corrected chi connectivity index (χ4v) is 3.33. The molecule has 2 rings (SSSR count). The second kappa shape index (κ2) is 8.53. The molecule has 1 atom stereocenters. The highest BCUT2D eigenvalue weighted by Crippen LogP contribution is 2.36. The number of nitrogens with zero attached hydrogens (tertiary/aromatic N) is 1. The van der Waals surface area contributed by atoms with Gasteiger partial charge in [0.1, 0.15) is 0 Å². The molecule has 1 aliphatic heterocycles. The van der Waals surface area contributed by atoms with Gasteiger partial charge >= 0.3 is 5.97 Å². The van der Waals surface area contributed by atoms with Crippen LogP contribution in [0.4, 0.5) is 8.78 Å². The summed E-state index contributed by atoms with van der Waals surface area (Å²) in [6.45, 7) is 4.05. The standard InChI is InChI=1S/C18H25F2NO3/c1-3-24-17(22)18(9-11-23-2)8-5-10-21(13-18)12-14-6-4-7-15(19)16(14)20/h4,6-7H,3,5,8-13H2,1-2H3/t18-/m1/s1. The van der Waals surface area contributed by atoms with E-state index in [0.29, 0.717) is 31.7 Å². The quantitative estimate of drug-likeness (QED) is 0.714. The molecular formula is C18H25F2NO3. The summed E-state index contributed by atoms with van der Waals surface area (Å²) in [6.07, 6.45) is 2.08. The molecule has 1 aromatic rings. The molecule has 1 aromatic carbocycles. The van der Waals surface area contributed by atoms with Crippen LogP contribution in [0.2, 0.25) is 0 Å². The number of carbonyl (C=O) groups is 1. The van der Waals surface area contributed by atoms with Crippen LogP contribution in [-0.2, 0) is 20.8 Å². The molecular weight excluding hydrogens is 316 g/mol. The molecule has 0 aromatic heterocycles. The Bertz CT molecular complexity index is 567. The van der Waals surface area contributed by atoms with Crippen molar-refractivity contribution in [2.45, 2.75) is 32.7 Å². The average molecular weight is 341 g/mol. The molecule has 134 valence electrons. The first-order valence-corrected chi connectivity index (χ1v) is 8.34. The molecule has 1 heterocycles. The van der Waals surface area contributed by atoms with Gasteiger partial charge in [0.25, 0.3) is 0 Å². The molecule has 24 heavy (non-hydrogen) atoms. The maximum atomic E-state index is 13.9. The van der Waals surface area contributed by atoms with E-state index in [0.717, 1.165) is 25.5 Å². The molecule has 0 N–H and O–H groups in total. The van der Waals surface area contributed by atoms with Crippen molar-refractivity contribution < 1.29 is 23.0 Å². The van der Waals surface area contributed by atoms with Crippen LogP contribution in [0.3, 0.4) is 0 Å². The Morgan fingerprint density at radius 3 is 2.88 bits per heavy atom. The summed E-state index contributed by atoms with van der Waals surface area (Å²) in [6, 6.07) is 4.19. The normalized spacial score (nSPS) is 21.7. The van der Waals surface area contributed by atoms with Gasteiger partial charge in [-0.25, -0.2) is 8.78 Å². The third kappa shape index (κ3) is 4.30. The van der Waals surface area contributed by atoms with Crippen LogP contribution < -0.4 is 0 Å². The Hall–Kier alpha value is -1.53. The Kier molecular flexibility index (Phi) is 6.69. The molecule has 1 saturated heterocycles. The lowest BCUT2D eigenvalue weighted by Crippen LogP contribution is -2.48. The van der Waals surface area contributed by atoms with E-state index < -0.39 is 17.0 Å². The molecule has 0 bridgehead atoms. The molecule has 1 aliphatic rings. The van der Waals surface area contributed by atoms with Gasteiger partial charge in [-0.3, -0.25) is 9.69 Å². The number of methoxy groups -OCH3 is 1. The van der Waals surface area contributed by atoms with Crippen LogP contribution in [0.5, 0.6) is 0 Å². The van der Waals surface area contributed by atoms with E-state index in [-0.39, 0.29) is 12.5 Å². The van der Waals surface area contributed by atoms with Gasteiger partial charge in [-0.1, -0.05) is 12.1 Å². The van der Waals surface area contributed by atoms with E-state index in [2.05, 4.69) is 0 Å². The molecule has 1 fully saturated rings. The molecule has 4 nitrogen and oxygen atoms in total. The van der Waals surface area contributed by atoms with Crippen molar-refractivity contribution in [3.63, 3.8) is 0 Å². The first kappa shape index (κ1) is 18.8. The van der Waals surface area contributed by atoms with E-state index in [9.17, 15) is 13.6 Å². The lowest BCUT2D eigenvalue weighted by atomic mass is 9.77. The van der Waals surface area contributed by atoms with Crippen molar-refractivity contribution >= 4 is 5.97 Å². The highest BCUT2D eigenvalue weighted by atomic mass is 19.2. The highest BCUT2D eigenvalue weighted by molar-refractivity contribution is 5.77. The van der Waals surface area contributed by atoms with Gasteiger partial charge in [0.2, 0.25) is 0 Å². The topological polar surface area (TPSA) is 38.8 Å². The van der Waals surface area contributed by atoms with Crippen LogP contribution in [0.1, 0.15) is 31.7 Å². The third-order valence-electron chi connectivity index (χ3n) is 4.57. The largest absolute Gasteiger partial charge is 0.466 e. The predicted molar refractivity (Wildman–Crippen MR) is 86.4 cm³/mol. The van der Waals surface area contributed by atoms with Gasteiger partial charge in [0.05, 0.1) is 12.0 Å². The average Bonchev–Trinajstić information content (AvgIpc) is 2.58. The number of ether oxygens (including phenoxy) is 2. The molecule has 0 saturated carbocycles. The lowest BCUT2D eigenvalue weighted by molar-refractivity contribution is -0.160. The van der Waals surface area contributed by atoms with Gasteiger partial charge in [-0.05, 0) is 38.8 Å². The minimum absolute atomic E-state index is 0.230. The van der Waals surface area contributed by atoms with Gasteiger partial charge < -0.3 is 9.47 Å². The molecule has 6 heteroatoms. The van der Waals surface area contributed by atoms with Crippen LogP contribution in [0, 0.1) is 17.0 Å². The second-order valence-corrected chi connectivity index (χ2v) is 6.27. The fraction of sp³-hybridized carbons (Fsp3) is 0.611. The van der Waals surface area contributed by atoms with Crippen molar-refractivity contribution in [3.05, 3.63) is 35.4 Å². The Morgan fingerprint density at radius 2 is 2.17 bits per heavy atom. The van der Waals surface area contributed by atoms with Crippen molar-refractivity contribution in [2.24, 2.45) is 5.41 Å². The fourth-order valence-electron chi connectivity index (χ4n) is 3.33. The Labute approximate surface area is 141 Å². The van der Waals surface area contributed by atoms with E-state index in [1.165, 1.54) is 6.07 Å². The van der Waals surface area contributed by atoms with Gasteiger partial charge in [-0.15, -0.1) is 0 Å². The van der Waals surface area contributed by atoms with Crippen LogP contribution in [0.15, 0.2) is 18.2 Å². The minimum Gasteiger partial charge on any atom is -0.466 e. The van der Waals surface area contributed by atoms with Crippen molar-refractivity contribution in [1.82, 2.24) is 4.90 Å². The summed E-state index contributed by atoms with van der Waals surface area (Å²) < 4.78 is 37.7. The summed E-state index contributed by atoms with van der Waals surface area (Å²) in [7, 11) is 1.60. The summed E-state index contributed by atoms with van der Waals surface area (Å²) >= 11 is 0. The number of hydrogen-bond donors (Lipinski definition) is 0. The summed E-state index contributed by atoms with van der Waals surface area (Å²) in [5.41, 5.74) is -0.338. The van der Waals surface area contributed by atoms with E-state index >= 15 is 0 Å². The third-order valence-corrected chi connectivity index (χ3v) is 4.57. The van der Waals surface area contributed by atoms with Crippen molar-refractivity contribution in [3.8, 4) is 0 Å². The van der Waals surface area contributed by atoms with Crippen LogP contribution >= 0.6 is 0 Å². The van der Waals surface area contributed by atoms with Crippen LogP contribution in [-0.4, -0.2) is 44.3 Å². The second-order valence-electron chi connectivity index (χ2n) is 6.27. The Balaban J connectivity index is 2.14. The zero-order chi connectivity index (χ0) is 17.6. The van der Waals surface area contributed by atoms with Gasteiger partial charge in [0.15, 0.2) is 11.6 Å².